The molecule has 1 aromatic carbocycles. The van der Waals surface area contributed by atoms with Crippen molar-refractivity contribution in [3.05, 3.63) is 28.2 Å². The average molecular weight is 364 g/mol. The Morgan fingerprint density at radius 2 is 2.20 bits per heavy atom. The fraction of sp³-hybridized carbons (Fsp3) is 0.417. The van der Waals surface area contributed by atoms with Gasteiger partial charge in [-0.1, -0.05) is 22.0 Å². The normalized spacial score (nSPS) is 20.8. The maximum atomic E-state index is 12.7. The standard InChI is InChI=1S/C12H14BrNO5S/c1-8-2-3-9(13)6-11(8)20(17,18)14-4-5-19-7-10(14)12(15)16/h2-3,6,10H,4-5,7H2,1H3,(H,15,16). The lowest BCUT2D eigenvalue weighted by Crippen LogP contribution is -2.52. The fourth-order valence-corrected chi connectivity index (χ4v) is 4.37. The minimum Gasteiger partial charge on any atom is -0.480 e. The van der Waals surface area contributed by atoms with Crippen molar-refractivity contribution in [1.82, 2.24) is 4.31 Å². The summed E-state index contributed by atoms with van der Waals surface area (Å²) in [6.07, 6.45) is 0. The van der Waals surface area contributed by atoms with Gasteiger partial charge in [-0.25, -0.2) is 8.42 Å². The van der Waals surface area contributed by atoms with E-state index in [9.17, 15) is 13.2 Å². The molecule has 1 aliphatic heterocycles. The lowest BCUT2D eigenvalue weighted by molar-refractivity contribution is -0.146. The summed E-state index contributed by atoms with van der Waals surface area (Å²) in [5.74, 6) is -1.21. The number of aliphatic carboxylic acids is 1. The van der Waals surface area contributed by atoms with E-state index >= 15 is 0 Å². The summed E-state index contributed by atoms with van der Waals surface area (Å²) in [6.45, 7) is 1.76. The third-order valence-corrected chi connectivity index (χ3v) is 5.64. The van der Waals surface area contributed by atoms with E-state index in [1.54, 1.807) is 19.1 Å². The zero-order valence-corrected chi connectivity index (χ0v) is 13.1. The molecule has 1 aromatic rings. The number of hydrogen-bond donors (Lipinski definition) is 1. The minimum absolute atomic E-state index is 0.0330. The second-order valence-corrected chi connectivity index (χ2v) is 7.23. The second kappa shape index (κ2) is 5.80. The predicted molar refractivity (Wildman–Crippen MR) is 75.0 cm³/mol. The smallest absolute Gasteiger partial charge is 0.324 e. The summed E-state index contributed by atoms with van der Waals surface area (Å²) in [5, 5.41) is 9.15. The zero-order valence-electron chi connectivity index (χ0n) is 10.7. The Kier molecular flexibility index (Phi) is 4.48. The summed E-state index contributed by atoms with van der Waals surface area (Å²) >= 11 is 3.23. The number of nitrogens with zero attached hydrogens (tertiary/aromatic N) is 1. The first-order valence-electron chi connectivity index (χ1n) is 5.92. The van der Waals surface area contributed by atoms with Crippen LogP contribution in [0.4, 0.5) is 0 Å². The summed E-state index contributed by atoms with van der Waals surface area (Å²) in [4.78, 5) is 11.3. The number of ether oxygens (including phenoxy) is 1. The van der Waals surface area contributed by atoms with E-state index in [4.69, 9.17) is 9.84 Å². The van der Waals surface area contributed by atoms with Gasteiger partial charge in [0.15, 0.2) is 0 Å². The van der Waals surface area contributed by atoms with Gasteiger partial charge in [0.2, 0.25) is 10.0 Å². The van der Waals surface area contributed by atoms with Crippen molar-refractivity contribution in [3.63, 3.8) is 0 Å². The van der Waals surface area contributed by atoms with Crippen molar-refractivity contribution >= 4 is 31.9 Å². The molecule has 0 aromatic heterocycles. The van der Waals surface area contributed by atoms with Crippen LogP contribution in [0.1, 0.15) is 5.56 Å². The summed E-state index contributed by atoms with van der Waals surface area (Å²) in [5.41, 5.74) is 0.573. The highest BCUT2D eigenvalue weighted by Crippen LogP contribution is 2.26. The maximum Gasteiger partial charge on any atom is 0.324 e. The van der Waals surface area contributed by atoms with Gasteiger partial charge in [0, 0.05) is 11.0 Å². The van der Waals surface area contributed by atoms with Crippen LogP contribution in [-0.2, 0) is 19.6 Å². The first kappa shape index (κ1) is 15.4. The van der Waals surface area contributed by atoms with E-state index in [-0.39, 0.29) is 24.7 Å². The molecule has 0 spiro atoms. The molecule has 1 aliphatic rings. The van der Waals surface area contributed by atoms with Gasteiger partial charge in [0.25, 0.3) is 0 Å². The Bertz CT molecular complexity index is 631. The molecule has 110 valence electrons. The molecule has 1 atom stereocenters. The number of carboxylic acid groups (broad SMARTS) is 1. The van der Waals surface area contributed by atoms with Gasteiger partial charge in [-0.2, -0.15) is 4.31 Å². The van der Waals surface area contributed by atoms with Crippen LogP contribution in [0.3, 0.4) is 0 Å². The number of halogens is 1. The van der Waals surface area contributed by atoms with Crippen molar-refractivity contribution in [3.8, 4) is 0 Å². The Balaban J connectivity index is 2.47. The van der Waals surface area contributed by atoms with Gasteiger partial charge in [-0.3, -0.25) is 4.79 Å². The van der Waals surface area contributed by atoms with Crippen molar-refractivity contribution < 1.29 is 23.1 Å². The van der Waals surface area contributed by atoms with Gasteiger partial charge in [0.05, 0.1) is 18.1 Å². The Morgan fingerprint density at radius 1 is 1.50 bits per heavy atom. The second-order valence-electron chi connectivity index (χ2n) is 4.45. The number of morpholine rings is 1. The van der Waals surface area contributed by atoms with Crippen LogP contribution in [0, 0.1) is 6.92 Å². The quantitative estimate of drug-likeness (QED) is 0.872. The molecule has 0 radical (unpaired) electrons. The Hall–Kier alpha value is -0.960. The number of rotatable bonds is 3. The molecule has 6 nitrogen and oxygen atoms in total. The van der Waals surface area contributed by atoms with Crippen molar-refractivity contribution in [2.75, 3.05) is 19.8 Å². The highest BCUT2D eigenvalue weighted by molar-refractivity contribution is 9.10. The van der Waals surface area contributed by atoms with Crippen LogP contribution in [-0.4, -0.2) is 49.6 Å². The molecule has 1 saturated heterocycles. The van der Waals surface area contributed by atoms with Crippen LogP contribution in [0.5, 0.6) is 0 Å². The minimum atomic E-state index is -3.87. The van der Waals surface area contributed by atoms with E-state index in [0.29, 0.717) is 10.0 Å². The van der Waals surface area contributed by atoms with Gasteiger partial charge < -0.3 is 9.84 Å². The van der Waals surface area contributed by atoms with Gasteiger partial charge in [-0.15, -0.1) is 0 Å². The van der Waals surface area contributed by atoms with Crippen LogP contribution < -0.4 is 0 Å². The van der Waals surface area contributed by atoms with E-state index in [1.807, 2.05) is 0 Å². The fourth-order valence-electron chi connectivity index (χ4n) is 2.05. The number of sulfonamides is 1. The van der Waals surface area contributed by atoms with Crippen molar-refractivity contribution in [2.45, 2.75) is 17.9 Å². The van der Waals surface area contributed by atoms with Crippen molar-refractivity contribution in [2.24, 2.45) is 0 Å². The Morgan fingerprint density at radius 3 is 2.85 bits per heavy atom. The summed E-state index contributed by atoms with van der Waals surface area (Å²) in [7, 11) is -3.87. The molecule has 1 heterocycles. The molecule has 8 heteroatoms. The molecule has 1 fully saturated rings. The molecule has 0 bridgehead atoms. The zero-order chi connectivity index (χ0) is 14.9. The lowest BCUT2D eigenvalue weighted by Gasteiger charge is -2.32. The number of hydrogen-bond acceptors (Lipinski definition) is 4. The SMILES string of the molecule is Cc1ccc(Br)cc1S(=O)(=O)N1CCOCC1C(=O)O. The highest BCUT2D eigenvalue weighted by atomic mass is 79.9. The monoisotopic (exact) mass is 363 g/mol. The first-order chi connectivity index (χ1) is 9.34. The molecule has 0 saturated carbocycles. The Labute approximate surface area is 125 Å². The average Bonchev–Trinajstić information content (AvgIpc) is 2.41. The van der Waals surface area contributed by atoms with Crippen LogP contribution in [0.2, 0.25) is 0 Å². The van der Waals surface area contributed by atoms with E-state index < -0.39 is 22.0 Å². The van der Waals surface area contributed by atoms with Gasteiger partial charge in [0.1, 0.15) is 6.04 Å². The van der Waals surface area contributed by atoms with E-state index in [2.05, 4.69) is 15.9 Å². The third-order valence-electron chi connectivity index (χ3n) is 3.10. The lowest BCUT2D eigenvalue weighted by atomic mass is 10.2. The molecule has 0 amide bonds. The summed E-state index contributed by atoms with van der Waals surface area (Å²) in [6, 6.07) is 3.71. The van der Waals surface area contributed by atoms with E-state index in [0.717, 1.165) is 4.31 Å². The summed E-state index contributed by atoms with van der Waals surface area (Å²) < 4.78 is 32.0. The molecule has 20 heavy (non-hydrogen) atoms. The largest absolute Gasteiger partial charge is 0.480 e. The molecule has 1 N–H and O–H groups in total. The van der Waals surface area contributed by atoms with Crippen molar-refractivity contribution in [1.29, 1.82) is 0 Å². The molecule has 1 unspecified atom stereocenters. The first-order valence-corrected chi connectivity index (χ1v) is 8.16. The van der Waals surface area contributed by atoms with E-state index in [1.165, 1.54) is 6.07 Å². The van der Waals surface area contributed by atoms with Crippen LogP contribution >= 0.6 is 15.9 Å². The molecular formula is C12H14BrNO5S. The highest BCUT2D eigenvalue weighted by Gasteiger charge is 2.38. The predicted octanol–water partition coefficient (Wildman–Crippen LogP) is 1.23. The molecular weight excluding hydrogens is 350 g/mol. The number of benzene rings is 1. The van der Waals surface area contributed by atoms with Crippen LogP contribution in [0.25, 0.3) is 0 Å². The number of aryl methyl sites for hydroxylation is 1. The van der Waals surface area contributed by atoms with Gasteiger partial charge in [-0.05, 0) is 24.6 Å². The maximum absolute atomic E-state index is 12.7. The number of carbonyl (C=O) groups is 1. The van der Waals surface area contributed by atoms with Gasteiger partial charge >= 0.3 is 5.97 Å². The third kappa shape index (κ3) is 2.88. The number of carboxylic acids is 1. The van der Waals surface area contributed by atoms with Crippen LogP contribution in [0.15, 0.2) is 27.6 Å². The topological polar surface area (TPSA) is 83.9 Å². The molecule has 2 rings (SSSR count). The molecule has 0 aliphatic carbocycles.